The van der Waals surface area contributed by atoms with Crippen LogP contribution in [0.2, 0.25) is 0 Å². The Morgan fingerprint density at radius 3 is 1.14 bits per heavy atom. The summed E-state index contributed by atoms with van der Waals surface area (Å²) in [6.07, 6.45) is 64.3. The average molecular weight is 1050 g/mol. The fraction of sp³-hybridized carbons (Fsp3) is 0.923. The zero-order chi connectivity index (χ0) is 53.6. The molecule has 1 aliphatic rings. The number of amides is 1. The SMILES string of the molecule is CCCCCCCCCCCCCCCCCCCCCCCCCCCCC/C=C/CC/C=C/C(O)C(COC1OC(CO)C(O)C(O)C1O)NC(=O)CCCCCCCCCCCCCCCCCCCC. The van der Waals surface area contributed by atoms with Crippen molar-refractivity contribution in [3.63, 3.8) is 0 Å². The van der Waals surface area contributed by atoms with Crippen molar-refractivity contribution in [2.75, 3.05) is 13.2 Å². The molecule has 0 aliphatic carbocycles. The van der Waals surface area contributed by atoms with Crippen LogP contribution in [0.3, 0.4) is 0 Å². The number of hydrogen-bond donors (Lipinski definition) is 6. The van der Waals surface area contributed by atoms with Crippen LogP contribution in [0.1, 0.15) is 328 Å². The quantitative estimate of drug-likeness (QED) is 0.0261. The number of ether oxygens (including phenoxy) is 2. The Bertz CT molecular complexity index is 1210. The molecule has 74 heavy (non-hydrogen) atoms. The number of aliphatic hydroxyl groups is 5. The largest absolute Gasteiger partial charge is 0.394 e. The summed E-state index contributed by atoms with van der Waals surface area (Å²) in [5.41, 5.74) is 0. The van der Waals surface area contributed by atoms with Crippen LogP contribution >= 0.6 is 0 Å². The van der Waals surface area contributed by atoms with E-state index in [2.05, 4.69) is 31.3 Å². The van der Waals surface area contributed by atoms with Gasteiger partial charge in [-0.1, -0.05) is 314 Å². The third-order valence-electron chi connectivity index (χ3n) is 15.8. The van der Waals surface area contributed by atoms with Gasteiger partial charge in [-0.3, -0.25) is 4.79 Å². The van der Waals surface area contributed by atoms with Gasteiger partial charge in [-0.25, -0.2) is 0 Å². The molecular weight excluding hydrogens is 923 g/mol. The molecule has 1 saturated heterocycles. The lowest BCUT2D eigenvalue weighted by Crippen LogP contribution is -2.60. The lowest BCUT2D eigenvalue weighted by Gasteiger charge is -2.40. The van der Waals surface area contributed by atoms with Crippen LogP contribution in [0.4, 0.5) is 0 Å². The normalized spacial score (nSPS) is 19.0. The van der Waals surface area contributed by atoms with Crippen LogP contribution in [-0.4, -0.2) is 87.5 Å². The Hall–Kier alpha value is -1.33. The highest BCUT2D eigenvalue weighted by molar-refractivity contribution is 5.76. The van der Waals surface area contributed by atoms with Crippen LogP contribution in [0.5, 0.6) is 0 Å². The first-order valence-corrected chi connectivity index (χ1v) is 32.6. The maximum atomic E-state index is 13.1. The van der Waals surface area contributed by atoms with Crippen LogP contribution in [0, 0.1) is 0 Å². The van der Waals surface area contributed by atoms with Crippen LogP contribution in [0.15, 0.2) is 24.3 Å². The Kier molecular flexibility index (Phi) is 52.5. The molecule has 7 atom stereocenters. The van der Waals surface area contributed by atoms with E-state index in [1.807, 2.05) is 6.08 Å². The summed E-state index contributed by atoms with van der Waals surface area (Å²) in [4.78, 5) is 13.1. The monoisotopic (exact) mass is 1050 g/mol. The van der Waals surface area contributed by atoms with Crippen molar-refractivity contribution < 1.29 is 39.8 Å². The van der Waals surface area contributed by atoms with Gasteiger partial charge < -0.3 is 40.3 Å². The number of nitrogens with one attached hydrogen (secondary N) is 1. The molecule has 1 fully saturated rings. The Morgan fingerprint density at radius 1 is 0.446 bits per heavy atom. The van der Waals surface area contributed by atoms with Gasteiger partial charge in [-0.15, -0.1) is 0 Å². The van der Waals surface area contributed by atoms with E-state index >= 15 is 0 Å². The van der Waals surface area contributed by atoms with E-state index in [1.165, 1.54) is 270 Å². The van der Waals surface area contributed by atoms with E-state index in [0.29, 0.717) is 6.42 Å². The van der Waals surface area contributed by atoms with Crippen LogP contribution in [-0.2, 0) is 14.3 Å². The van der Waals surface area contributed by atoms with Crippen LogP contribution < -0.4 is 5.32 Å². The summed E-state index contributed by atoms with van der Waals surface area (Å²) in [6, 6.07) is -0.819. The third-order valence-corrected chi connectivity index (χ3v) is 15.8. The van der Waals surface area contributed by atoms with E-state index in [0.717, 1.165) is 38.5 Å². The number of aliphatic hydroxyl groups excluding tert-OH is 5. The van der Waals surface area contributed by atoms with Gasteiger partial charge in [-0.2, -0.15) is 0 Å². The summed E-state index contributed by atoms with van der Waals surface area (Å²) < 4.78 is 11.3. The summed E-state index contributed by atoms with van der Waals surface area (Å²) in [6.45, 7) is 3.81. The predicted molar refractivity (Wildman–Crippen MR) is 314 cm³/mol. The van der Waals surface area contributed by atoms with Gasteiger partial charge >= 0.3 is 0 Å². The smallest absolute Gasteiger partial charge is 0.220 e. The number of rotatable bonds is 57. The van der Waals surface area contributed by atoms with Crippen molar-refractivity contribution in [2.45, 2.75) is 371 Å². The lowest BCUT2D eigenvalue weighted by atomic mass is 9.99. The molecule has 0 aromatic rings. The van der Waals surface area contributed by atoms with Gasteiger partial charge in [0.25, 0.3) is 0 Å². The summed E-state index contributed by atoms with van der Waals surface area (Å²) in [5, 5.41) is 54.6. The third kappa shape index (κ3) is 43.6. The van der Waals surface area contributed by atoms with E-state index in [4.69, 9.17) is 9.47 Å². The number of allylic oxidation sites excluding steroid dienone is 3. The van der Waals surface area contributed by atoms with Crippen molar-refractivity contribution in [3.8, 4) is 0 Å². The highest BCUT2D eigenvalue weighted by Crippen LogP contribution is 2.23. The minimum Gasteiger partial charge on any atom is -0.394 e. The number of carbonyl (C=O) groups excluding carboxylic acids is 1. The van der Waals surface area contributed by atoms with E-state index in [9.17, 15) is 30.3 Å². The van der Waals surface area contributed by atoms with E-state index in [1.54, 1.807) is 6.08 Å². The second-order valence-electron chi connectivity index (χ2n) is 22.9. The van der Waals surface area contributed by atoms with E-state index < -0.39 is 49.5 Å². The van der Waals surface area contributed by atoms with Crippen molar-refractivity contribution in [1.82, 2.24) is 5.32 Å². The highest BCUT2D eigenvalue weighted by atomic mass is 16.7. The first kappa shape index (κ1) is 70.7. The second-order valence-corrected chi connectivity index (χ2v) is 22.9. The Morgan fingerprint density at radius 2 is 0.770 bits per heavy atom. The highest BCUT2D eigenvalue weighted by Gasteiger charge is 2.44. The molecule has 1 heterocycles. The molecule has 6 N–H and O–H groups in total. The fourth-order valence-corrected chi connectivity index (χ4v) is 10.6. The molecule has 1 amide bonds. The summed E-state index contributed by atoms with van der Waals surface area (Å²) >= 11 is 0. The molecular formula is C65H125NO8. The van der Waals surface area contributed by atoms with Gasteiger partial charge in [0.2, 0.25) is 5.91 Å². The standard InChI is InChI=1S/C65H125NO8/c1-3-5-7-9-11-13-15-17-19-21-23-24-25-26-27-28-29-30-31-32-33-34-35-36-37-38-40-42-44-46-48-50-52-54-59(68)58(57-73-65-64(72)63(71)62(70)60(56-67)74-65)66-61(69)55-53-51-49-47-45-43-41-39-22-20-18-16-14-12-10-8-6-4-2/h44,46,52,54,58-60,62-65,67-68,70-72H,3-43,45,47-51,53,55-57H2,1-2H3,(H,66,69)/b46-44+,54-52+. The predicted octanol–water partition coefficient (Wildman–Crippen LogP) is 16.9. The molecule has 9 heteroatoms. The van der Waals surface area contributed by atoms with Gasteiger partial charge in [0.15, 0.2) is 6.29 Å². The van der Waals surface area contributed by atoms with Gasteiger partial charge in [-0.05, 0) is 32.1 Å². The average Bonchev–Trinajstić information content (AvgIpc) is 3.40. The lowest BCUT2D eigenvalue weighted by molar-refractivity contribution is -0.302. The fourth-order valence-electron chi connectivity index (χ4n) is 10.6. The second kappa shape index (κ2) is 55.0. The Labute approximate surface area is 458 Å². The zero-order valence-corrected chi connectivity index (χ0v) is 48.9. The molecule has 7 unspecified atom stereocenters. The van der Waals surface area contributed by atoms with Crippen molar-refractivity contribution in [2.24, 2.45) is 0 Å². The van der Waals surface area contributed by atoms with Crippen LogP contribution in [0.25, 0.3) is 0 Å². The molecule has 0 aromatic carbocycles. The Balaban J connectivity index is 2.14. The number of carbonyl (C=O) groups is 1. The van der Waals surface area contributed by atoms with Gasteiger partial charge in [0, 0.05) is 6.42 Å². The van der Waals surface area contributed by atoms with E-state index in [-0.39, 0.29) is 12.5 Å². The minimum absolute atomic E-state index is 0.180. The molecule has 0 bridgehead atoms. The maximum Gasteiger partial charge on any atom is 0.220 e. The molecule has 0 saturated carbocycles. The molecule has 0 aromatic heterocycles. The summed E-state index contributed by atoms with van der Waals surface area (Å²) in [7, 11) is 0. The number of hydrogen-bond acceptors (Lipinski definition) is 8. The first-order valence-electron chi connectivity index (χ1n) is 32.6. The molecule has 0 radical (unpaired) electrons. The minimum atomic E-state index is -1.57. The molecule has 1 rings (SSSR count). The van der Waals surface area contributed by atoms with Crippen molar-refractivity contribution in [1.29, 1.82) is 0 Å². The molecule has 0 spiro atoms. The van der Waals surface area contributed by atoms with Gasteiger partial charge in [0.1, 0.15) is 24.4 Å². The van der Waals surface area contributed by atoms with Gasteiger partial charge in [0.05, 0.1) is 25.4 Å². The number of unbranched alkanes of at least 4 members (excludes halogenated alkanes) is 45. The first-order chi connectivity index (χ1) is 36.3. The zero-order valence-electron chi connectivity index (χ0n) is 48.9. The topological polar surface area (TPSA) is 149 Å². The molecule has 9 nitrogen and oxygen atoms in total. The van der Waals surface area contributed by atoms with Crippen molar-refractivity contribution >= 4 is 5.91 Å². The summed E-state index contributed by atoms with van der Waals surface area (Å²) in [5.74, 6) is -0.180. The molecule has 438 valence electrons. The maximum absolute atomic E-state index is 13.1. The van der Waals surface area contributed by atoms with Crippen molar-refractivity contribution in [3.05, 3.63) is 24.3 Å². The molecule has 1 aliphatic heterocycles.